The highest BCUT2D eigenvalue weighted by Crippen LogP contribution is 2.32. The maximum absolute atomic E-state index is 14.4. The number of nitrogens with zero attached hydrogens (tertiary/aromatic N) is 2. The molecule has 0 saturated carbocycles. The third-order valence-corrected chi connectivity index (χ3v) is 9.88. The summed E-state index contributed by atoms with van der Waals surface area (Å²) in [7, 11) is 0. The molecule has 0 radical (unpaired) electrons. The summed E-state index contributed by atoms with van der Waals surface area (Å²) in [5, 5.41) is 14.7. The van der Waals surface area contributed by atoms with Gasteiger partial charge in [-0.1, -0.05) is 80.6 Å². The Morgan fingerprint density at radius 1 is 0.803 bits per heavy atom. The third kappa shape index (κ3) is 12.8. The van der Waals surface area contributed by atoms with Crippen molar-refractivity contribution < 1.29 is 28.8 Å². The molecular weight excluding hydrogens is 779 g/mol. The molecule has 0 aliphatic carbocycles. The number of rotatable bonds is 11. The third-order valence-electron chi connectivity index (χ3n) is 9.88. The Hall–Kier alpha value is -7.30. The van der Waals surface area contributed by atoms with E-state index < -0.39 is 66.0 Å². The Labute approximate surface area is 353 Å². The van der Waals surface area contributed by atoms with Crippen molar-refractivity contribution in [1.29, 1.82) is 0 Å². The van der Waals surface area contributed by atoms with Crippen LogP contribution in [0.15, 0.2) is 96.0 Å². The number of allylic oxidation sites excluding steroid dienone is 1. The number of hydrogen-bond donors (Lipinski definition) is 9. The predicted octanol–water partition coefficient (Wildman–Crippen LogP) is 2.16. The average molecular weight is 832 g/mol. The second-order valence-electron chi connectivity index (χ2n) is 15.2. The number of carbonyl (C=O) groups is 6. The number of nitrogens with two attached hydrogens (primary N) is 4. The number of pyridine rings is 1. The number of carbonyl (C=O) groups excluding carboxylic acids is 6. The fraction of sp³-hybridized carbons (Fsp3) is 0.318. The van der Waals surface area contributed by atoms with Crippen molar-refractivity contribution in [3.8, 4) is 11.3 Å². The number of amides is 6. The van der Waals surface area contributed by atoms with E-state index >= 15 is 0 Å². The summed E-state index contributed by atoms with van der Waals surface area (Å²) in [4.78, 5) is 89.6. The van der Waals surface area contributed by atoms with E-state index in [1.165, 1.54) is 0 Å². The summed E-state index contributed by atoms with van der Waals surface area (Å²) < 4.78 is 0. The van der Waals surface area contributed by atoms with Crippen LogP contribution < -0.4 is 49.5 Å². The van der Waals surface area contributed by atoms with Crippen LogP contribution in [0.25, 0.3) is 22.2 Å². The lowest BCUT2D eigenvalue weighted by atomic mass is 10.0. The largest absolute Gasteiger partial charge is 0.370 e. The minimum Gasteiger partial charge on any atom is -0.370 e. The maximum Gasteiger partial charge on any atom is 0.254 e. The quantitative estimate of drug-likeness (QED) is 0.0349. The summed E-state index contributed by atoms with van der Waals surface area (Å²) in [6.45, 7) is 3.78. The van der Waals surface area contributed by atoms with Crippen molar-refractivity contribution in [2.75, 3.05) is 11.9 Å². The van der Waals surface area contributed by atoms with Crippen LogP contribution in [0.5, 0.6) is 0 Å². The molecule has 6 rings (SSSR count). The molecule has 0 fully saturated rings. The van der Waals surface area contributed by atoms with E-state index in [0.29, 0.717) is 28.7 Å². The summed E-state index contributed by atoms with van der Waals surface area (Å²) in [5.41, 5.74) is 26.5. The number of anilines is 2. The minimum atomic E-state index is -1.55. The number of para-hydroxylation sites is 2. The molecular formula is C44H53N11O6. The molecule has 6 amide bonds. The molecule has 61 heavy (non-hydrogen) atoms. The highest BCUT2D eigenvalue weighted by molar-refractivity contribution is 6.10. The van der Waals surface area contributed by atoms with Crippen LogP contribution in [-0.4, -0.2) is 77.1 Å². The van der Waals surface area contributed by atoms with Gasteiger partial charge >= 0.3 is 0 Å². The number of hydrogen-bond acceptors (Lipinski definition) is 9. The smallest absolute Gasteiger partial charge is 0.254 e. The van der Waals surface area contributed by atoms with Gasteiger partial charge in [-0.3, -0.25) is 33.8 Å². The summed E-state index contributed by atoms with van der Waals surface area (Å²) >= 11 is 0. The second kappa shape index (κ2) is 21.1. The Kier molecular flexibility index (Phi) is 15.5. The van der Waals surface area contributed by atoms with Gasteiger partial charge in [-0.05, 0) is 67.9 Å². The fourth-order valence-corrected chi connectivity index (χ4v) is 6.81. The summed E-state index contributed by atoms with van der Waals surface area (Å²) in [6, 6.07) is 19.2. The lowest BCUT2D eigenvalue weighted by Gasteiger charge is -2.26. The van der Waals surface area contributed by atoms with Gasteiger partial charge < -0.3 is 49.5 Å². The average Bonchev–Trinajstić information content (AvgIpc) is 3.21. The number of benzene rings is 3. The molecule has 2 aliphatic rings. The van der Waals surface area contributed by atoms with Gasteiger partial charge in [-0.2, -0.15) is 0 Å². The normalized spacial score (nSPS) is 19.5. The van der Waals surface area contributed by atoms with Crippen LogP contribution in [0.2, 0.25) is 0 Å². The number of guanidine groups is 1. The van der Waals surface area contributed by atoms with Crippen LogP contribution >= 0.6 is 0 Å². The summed E-state index contributed by atoms with van der Waals surface area (Å²) in [5.74, 6) is -5.01. The van der Waals surface area contributed by atoms with E-state index in [1.807, 2.05) is 86.7 Å². The van der Waals surface area contributed by atoms with Crippen molar-refractivity contribution in [3.05, 3.63) is 102 Å². The van der Waals surface area contributed by atoms with E-state index in [0.717, 1.165) is 16.8 Å². The Balaban J connectivity index is 1.61. The van der Waals surface area contributed by atoms with Crippen molar-refractivity contribution in [1.82, 2.24) is 26.3 Å². The van der Waals surface area contributed by atoms with Crippen LogP contribution in [0, 0.1) is 5.92 Å². The van der Waals surface area contributed by atoms with Crippen LogP contribution in [0.3, 0.4) is 0 Å². The fourth-order valence-electron chi connectivity index (χ4n) is 6.81. The van der Waals surface area contributed by atoms with E-state index in [9.17, 15) is 28.8 Å². The zero-order valence-electron chi connectivity index (χ0n) is 34.2. The molecule has 4 bridgehead atoms. The topological polar surface area (TPSA) is 292 Å². The first-order valence-corrected chi connectivity index (χ1v) is 20.0. The molecule has 4 aromatic rings. The Morgan fingerprint density at radius 2 is 1.49 bits per heavy atom. The molecule has 13 N–H and O–H groups in total. The molecule has 4 atom stereocenters. The molecule has 0 saturated heterocycles. The molecule has 0 unspecified atom stereocenters. The number of nitrogens with one attached hydrogen (secondary N) is 5. The van der Waals surface area contributed by atoms with E-state index in [2.05, 4.69) is 31.6 Å². The maximum atomic E-state index is 14.4. The van der Waals surface area contributed by atoms with Crippen LogP contribution in [0.4, 0.5) is 11.4 Å². The van der Waals surface area contributed by atoms with E-state index in [-0.39, 0.29) is 49.7 Å². The minimum absolute atomic E-state index is 0.0111. The Morgan fingerprint density at radius 3 is 2.16 bits per heavy atom. The van der Waals surface area contributed by atoms with Crippen LogP contribution in [-0.2, 0) is 30.4 Å². The van der Waals surface area contributed by atoms with Crippen molar-refractivity contribution >= 4 is 63.7 Å². The Bertz CT molecular complexity index is 2290. The van der Waals surface area contributed by atoms with Crippen molar-refractivity contribution in [3.63, 3.8) is 0 Å². The number of primary amides is 2. The molecule has 320 valence electrons. The van der Waals surface area contributed by atoms with Crippen LogP contribution in [0.1, 0.15) is 61.9 Å². The van der Waals surface area contributed by atoms with Crippen molar-refractivity contribution in [2.24, 2.45) is 33.8 Å². The van der Waals surface area contributed by atoms with E-state index in [4.69, 9.17) is 27.9 Å². The number of aliphatic imine (C=N–C) groups is 1. The molecule has 3 heterocycles. The zero-order chi connectivity index (χ0) is 44.1. The molecule has 0 spiro atoms. The lowest BCUT2D eigenvalue weighted by molar-refractivity contribution is -0.135. The van der Waals surface area contributed by atoms with Gasteiger partial charge in [0.1, 0.15) is 24.2 Å². The SMILES string of the molecule is CC(C)C[C@@H]1NC(=O)[C@H](CC(N)=O)NC(=O)[C@H](CCCN=C(N)N)NC(=O)c2cccc3c(Nc4ccccc4)cc(nc23)-c2ccc(cc2)C/C=C/C[C@@H](C(N)=O)NC1=O. The summed E-state index contributed by atoms with van der Waals surface area (Å²) in [6.07, 6.45) is 3.93. The van der Waals surface area contributed by atoms with Gasteiger partial charge in [0.2, 0.25) is 29.5 Å². The van der Waals surface area contributed by atoms with Gasteiger partial charge in [0.05, 0.1) is 28.9 Å². The number of aromatic nitrogens is 1. The highest BCUT2D eigenvalue weighted by atomic mass is 16.2. The molecule has 17 nitrogen and oxygen atoms in total. The monoisotopic (exact) mass is 831 g/mol. The molecule has 1 aromatic heterocycles. The first kappa shape index (κ1) is 44.8. The molecule has 2 aliphatic heterocycles. The van der Waals surface area contributed by atoms with Crippen molar-refractivity contribution in [2.45, 2.75) is 76.5 Å². The first-order valence-electron chi connectivity index (χ1n) is 20.0. The zero-order valence-corrected chi connectivity index (χ0v) is 34.2. The highest BCUT2D eigenvalue weighted by Gasteiger charge is 2.32. The molecule has 3 aromatic carbocycles. The van der Waals surface area contributed by atoms with Gasteiger partial charge in [-0.15, -0.1) is 0 Å². The van der Waals surface area contributed by atoms with Gasteiger partial charge in [0.15, 0.2) is 5.96 Å². The van der Waals surface area contributed by atoms with Gasteiger partial charge in [0.25, 0.3) is 5.91 Å². The standard InChI is InChI=1S/C44H53N11O6/c1-25(2)22-35-42(60)52-31(39(46)57)15-7-6-10-26-17-19-27(20-18-26)33-23-34(50-28-11-4-3-5-12-28)29-13-8-14-30(38(29)51-33)40(58)53-32(16-9-21-49-44(47)48)41(59)55-36(24-37(45)56)43(61)54-35/h3-8,11-14,17-20,23,25,31-32,35-36H,9-10,15-16,21-22,24H2,1-2H3,(H2,45,56)(H2,46,57)(H,50,51)(H,52,60)(H,53,58)(H,54,61)(H,55,59)(H4,47,48,49)/b7-6+/t31-,32-,35-,36-/m0/s1. The van der Waals surface area contributed by atoms with Gasteiger partial charge in [-0.25, -0.2) is 4.98 Å². The van der Waals surface area contributed by atoms with Gasteiger partial charge in [0, 0.05) is 23.2 Å². The molecule has 17 heteroatoms. The predicted molar refractivity (Wildman–Crippen MR) is 234 cm³/mol. The second-order valence-corrected chi connectivity index (χ2v) is 15.2. The van der Waals surface area contributed by atoms with E-state index in [1.54, 1.807) is 18.2 Å². The first-order chi connectivity index (χ1) is 29.2. The number of fused-ring (bicyclic) bond motifs is 16. The lowest BCUT2D eigenvalue weighted by Crippen LogP contribution is -2.58.